The Morgan fingerprint density at radius 3 is 2.75 bits per heavy atom. The third-order valence-electron chi connectivity index (χ3n) is 1.45. The zero-order valence-corrected chi connectivity index (χ0v) is 7.50. The van der Waals surface area contributed by atoms with E-state index < -0.39 is 5.92 Å². The first-order valence-electron chi connectivity index (χ1n) is 3.57. The van der Waals surface area contributed by atoms with Gasteiger partial charge in [-0.3, -0.25) is 0 Å². The lowest BCUT2D eigenvalue weighted by Gasteiger charge is -2.11. The summed E-state index contributed by atoms with van der Waals surface area (Å²) in [4.78, 5) is 3.71. The summed E-state index contributed by atoms with van der Waals surface area (Å²) < 4.78 is 26.1. The van der Waals surface area contributed by atoms with E-state index in [1.807, 2.05) is 0 Å². The van der Waals surface area contributed by atoms with Gasteiger partial charge in [0.1, 0.15) is 5.69 Å². The summed E-state index contributed by atoms with van der Waals surface area (Å²) in [5.41, 5.74) is 4.90. The Morgan fingerprint density at radius 1 is 1.67 bits per heavy atom. The van der Waals surface area contributed by atoms with E-state index >= 15 is 0 Å². The van der Waals surface area contributed by atoms with Crippen LogP contribution in [0.2, 0.25) is 0 Å². The molecule has 0 radical (unpaired) electrons. The Labute approximate surface area is 73.4 Å². The third kappa shape index (κ3) is 1.98. The molecule has 0 saturated carbocycles. The van der Waals surface area contributed by atoms with E-state index in [9.17, 15) is 8.78 Å². The lowest BCUT2D eigenvalue weighted by Crippen LogP contribution is -2.18. The van der Waals surface area contributed by atoms with Crippen LogP contribution in [-0.2, 0) is 5.92 Å². The molecule has 0 unspecified atom stereocenters. The van der Waals surface area contributed by atoms with Crippen LogP contribution in [0.1, 0.15) is 17.1 Å². The highest BCUT2D eigenvalue weighted by Gasteiger charge is 2.32. The molecular weight excluding hydrogens is 182 g/mol. The van der Waals surface area contributed by atoms with Crippen LogP contribution in [-0.4, -0.2) is 11.5 Å². The van der Waals surface area contributed by atoms with Crippen molar-refractivity contribution in [3.8, 4) is 0 Å². The summed E-state index contributed by atoms with van der Waals surface area (Å²) in [7, 11) is 0. The number of thiazole rings is 1. The van der Waals surface area contributed by atoms with Crippen molar-refractivity contribution < 1.29 is 8.78 Å². The molecule has 1 rings (SSSR count). The van der Waals surface area contributed by atoms with Gasteiger partial charge >= 0.3 is 0 Å². The first-order valence-corrected chi connectivity index (χ1v) is 4.45. The molecule has 0 atom stereocenters. The number of hydrogen-bond donors (Lipinski definition) is 1. The molecule has 0 aliphatic carbocycles. The minimum atomic E-state index is -2.86. The minimum absolute atomic E-state index is 0.0242. The second-order valence-electron chi connectivity index (χ2n) is 2.49. The van der Waals surface area contributed by atoms with Gasteiger partial charge in [0.25, 0.3) is 5.92 Å². The monoisotopic (exact) mass is 192 g/mol. The normalized spacial score (nSPS) is 12.0. The molecule has 0 fully saturated rings. The molecule has 0 amide bonds. The van der Waals surface area contributed by atoms with Crippen molar-refractivity contribution in [2.75, 3.05) is 6.54 Å². The highest BCUT2D eigenvalue weighted by Crippen LogP contribution is 2.31. The quantitative estimate of drug-likeness (QED) is 0.794. The number of aryl methyl sites for hydroxylation is 1. The van der Waals surface area contributed by atoms with Gasteiger partial charge in [-0.15, -0.1) is 11.3 Å². The van der Waals surface area contributed by atoms with Crippen molar-refractivity contribution in [3.63, 3.8) is 0 Å². The highest BCUT2D eigenvalue weighted by molar-refractivity contribution is 7.09. The summed E-state index contributed by atoms with van der Waals surface area (Å²) in [5.74, 6) is -2.86. The fraction of sp³-hybridized carbons (Fsp3) is 0.571. The Kier molecular flexibility index (Phi) is 2.74. The molecule has 0 saturated heterocycles. The predicted molar refractivity (Wildman–Crippen MR) is 44.4 cm³/mol. The van der Waals surface area contributed by atoms with Crippen LogP contribution in [0.15, 0.2) is 5.38 Å². The molecule has 1 aromatic heterocycles. The van der Waals surface area contributed by atoms with Gasteiger partial charge in [-0.2, -0.15) is 8.78 Å². The predicted octanol–water partition coefficient (Wildman–Crippen LogP) is 1.89. The van der Waals surface area contributed by atoms with Crippen molar-refractivity contribution >= 4 is 11.3 Å². The smallest absolute Gasteiger partial charge is 0.291 e. The summed E-state index contributed by atoms with van der Waals surface area (Å²) in [6, 6.07) is 0. The van der Waals surface area contributed by atoms with Crippen molar-refractivity contribution in [2.24, 2.45) is 5.73 Å². The van der Waals surface area contributed by atoms with E-state index in [-0.39, 0.29) is 18.7 Å². The fourth-order valence-corrected chi connectivity index (χ4v) is 1.50. The zero-order chi connectivity index (χ0) is 9.19. The maximum Gasteiger partial charge on any atom is 0.291 e. The SMILES string of the molecule is Cc1nc(C(F)(F)CCN)cs1. The number of alkyl halides is 2. The fourth-order valence-electron chi connectivity index (χ4n) is 0.841. The lowest BCUT2D eigenvalue weighted by molar-refractivity contribution is -0.0146. The number of hydrogen-bond acceptors (Lipinski definition) is 3. The van der Waals surface area contributed by atoms with E-state index in [1.54, 1.807) is 6.92 Å². The van der Waals surface area contributed by atoms with Crippen molar-refractivity contribution in [2.45, 2.75) is 19.3 Å². The average Bonchev–Trinajstić information content (AvgIpc) is 2.36. The van der Waals surface area contributed by atoms with Crippen LogP contribution in [0.25, 0.3) is 0 Å². The minimum Gasteiger partial charge on any atom is -0.330 e. The second kappa shape index (κ2) is 3.45. The summed E-state index contributed by atoms with van der Waals surface area (Å²) in [6.45, 7) is 1.68. The topological polar surface area (TPSA) is 38.9 Å². The molecule has 68 valence electrons. The average molecular weight is 192 g/mol. The standard InChI is InChI=1S/C7H10F2N2S/c1-5-11-6(4-12-5)7(8,9)2-3-10/h4H,2-3,10H2,1H3. The van der Waals surface area contributed by atoms with Gasteiger partial charge < -0.3 is 5.73 Å². The number of halogens is 2. The van der Waals surface area contributed by atoms with Crippen LogP contribution < -0.4 is 5.73 Å². The molecule has 2 N–H and O–H groups in total. The van der Waals surface area contributed by atoms with E-state index in [0.717, 1.165) is 0 Å². The van der Waals surface area contributed by atoms with Crippen LogP contribution in [0.3, 0.4) is 0 Å². The van der Waals surface area contributed by atoms with Gasteiger partial charge in [-0.05, 0) is 13.5 Å². The van der Waals surface area contributed by atoms with Gasteiger partial charge in [-0.1, -0.05) is 0 Å². The summed E-state index contributed by atoms with van der Waals surface area (Å²) in [5, 5.41) is 2.03. The Morgan fingerprint density at radius 2 is 2.33 bits per heavy atom. The first kappa shape index (κ1) is 9.54. The van der Waals surface area contributed by atoms with Gasteiger partial charge in [0.05, 0.1) is 5.01 Å². The van der Waals surface area contributed by atoms with E-state index in [0.29, 0.717) is 5.01 Å². The van der Waals surface area contributed by atoms with Crippen LogP contribution in [0.5, 0.6) is 0 Å². The molecule has 0 spiro atoms. The highest BCUT2D eigenvalue weighted by atomic mass is 32.1. The van der Waals surface area contributed by atoms with Crippen LogP contribution in [0, 0.1) is 6.92 Å². The number of nitrogens with two attached hydrogens (primary N) is 1. The molecule has 2 nitrogen and oxygen atoms in total. The van der Waals surface area contributed by atoms with E-state index in [1.165, 1.54) is 16.7 Å². The maximum atomic E-state index is 13.0. The molecular formula is C7H10F2N2S. The van der Waals surface area contributed by atoms with Gasteiger partial charge in [0.15, 0.2) is 0 Å². The molecule has 5 heteroatoms. The largest absolute Gasteiger partial charge is 0.330 e. The molecule has 1 aromatic rings. The first-order chi connectivity index (χ1) is 5.56. The summed E-state index contributed by atoms with van der Waals surface area (Å²) >= 11 is 1.23. The Hall–Kier alpha value is -0.550. The second-order valence-corrected chi connectivity index (χ2v) is 3.56. The number of nitrogens with zero attached hydrogens (tertiary/aromatic N) is 1. The third-order valence-corrected chi connectivity index (χ3v) is 2.23. The number of rotatable bonds is 3. The van der Waals surface area contributed by atoms with Crippen molar-refractivity contribution in [1.29, 1.82) is 0 Å². The maximum absolute atomic E-state index is 13.0. The molecule has 1 heterocycles. The number of aromatic nitrogens is 1. The molecule has 0 aliphatic heterocycles. The molecule has 0 bridgehead atoms. The van der Waals surface area contributed by atoms with Crippen molar-refractivity contribution in [1.82, 2.24) is 4.98 Å². The van der Waals surface area contributed by atoms with Gasteiger partial charge in [0.2, 0.25) is 0 Å². The van der Waals surface area contributed by atoms with Crippen LogP contribution in [0.4, 0.5) is 8.78 Å². The Bertz CT molecular complexity index is 260. The molecule has 0 aromatic carbocycles. The van der Waals surface area contributed by atoms with E-state index in [4.69, 9.17) is 5.73 Å². The van der Waals surface area contributed by atoms with E-state index in [2.05, 4.69) is 4.98 Å². The molecule has 12 heavy (non-hydrogen) atoms. The lowest BCUT2D eigenvalue weighted by atomic mass is 10.2. The Balaban J connectivity index is 2.81. The summed E-state index contributed by atoms with van der Waals surface area (Å²) in [6.07, 6.45) is -0.337. The van der Waals surface area contributed by atoms with Crippen molar-refractivity contribution in [3.05, 3.63) is 16.1 Å². The van der Waals surface area contributed by atoms with Crippen LogP contribution >= 0.6 is 11.3 Å². The zero-order valence-electron chi connectivity index (χ0n) is 6.68. The van der Waals surface area contributed by atoms with Gasteiger partial charge in [-0.25, -0.2) is 4.98 Å². The molecule has 0 aliphatic rings. The van der Waals surface area contributed by atoms with Gasteiger partial charge in [0, 0.05) is 11.8 Å².